The number of aryl methyl sites for hydroxylation is 1. The zero-order valence-corrected chi connectivity index (χ0v) is 13.4. The van der Waals surface area contributed by atoms with Crippen LogP contribution in [0.1, 0.15) is 24.0 Å². The first kappa shape index (κ1) is 14.5. The van der Waals surface area contributed by atoms with E-state index in [1.54, 1.807) is 7.11 Å². The van der Waals surface area contributed by atoms with Crippen molar-refractivity contribution in [2.45, 2.75) is 42.1 Å². The summed E-state index contributed by atoms with van der Waals surface area (Å²) in [5.41, 5.74) is 2.71. The van der Waals surface area contributed by atoms with Gasteiger partial charge in [0, 0.05) is 22.4 Å². The third kappa shape index (κ3) is 4.02. The van der Waals surface area contributed by atoms with Gasteiger partial charge in [0.15, 0.2) is 0 Å². The first-order valence-corrected chi connectivity index (χ1v) is 8.21. The van der Waals surface area contributed by atoms with Gasteiger partial charge in [-0.2, -0.15) is 0 Å². The van der Waals surface area contributed by atoms with Crippen LogP contribution in [0.2, 0.25) is 0 Å². The van der Waals surface area contributed by atoms with Crippen molar-refractivity contribution in [2.24, 2.45) is 0 Å². The molecule has 0 aromatic heterocycles. The van der Waals surface area contributed by atoms with Gasteiger partial charge in [-0.05, 0) is 55.7 Å². The molecule has 1 aliphatic rings. The third-order valence-electron chi connectivity index (χ3n) is 3.66. The van der Waals surface area contributed by atoms with Gasteiger partial charge >= 0.3 is 0 Å². The third-order valence-corrected chi connectivity index (χ3v) is 4.79. The Morgan fingerprint density at radius 3 is 2.57 bits per heavy atom. The molecule has 0 spiro atoms. The number of hydrogen-bond acceptors (Lipinski definition) is 3. The van der Waals surface area contributed by atoms with Crippen molar-refractivity contribution >= 4 is 11.8 Å². The van der Waals surface area contributed by atoms with E-state index >= 15 is 0 Å². The summed E-state index contributed by atoms with van der Waals surface area (Å²) >= 11 is 1.82. The summed E-state index contributed by atoms with van der Waals surface area (Å²) < 4.78 is 5.21. The molecular formula is C18H21NOS. The van der Waals surface area contributed by atoms with Crippen molar-refractivity contribution in [3.05, 3.63) is 53.6 Å². The maximum atomic E-state index is 5.21. The van der Waals surface area contributed by atoms with Gasteiger partial charge in [-0.15, -0.1) is 0 Å². The van der Waals surface area contributed by atoms with Crippen LogP contribution in [0.3, 0.4) is 0 Å². The molecule has 3 rings (SSSR count). The largest absolute Gasteiger partial charge is 0.497 e. The Kier molecular flexibility index (Phi) is 4.51. The molecule has 0 heterocycles. The van der Waals surface area contributed by atoms with Gasteiger partial charge in [-0.25, -0.2) is 0 Å². The Labute approximate surface area is 130 Å². The van der Waals surface area contributed by atoms with Gasteiger partial charge in [0.25, 0.3) is 0 Å². The van der Waals surface area contributed by atoms with Crippen LogP contribution in [0.4, 0.5) is 0 Å². The highest BCUT2D eigenvalue weighted by molar-refractivity contribution is 7.99. The maximum Gasteiger partial charge on any atom is 0.118 e. The minimum atomic E-state index is 0.740. The number of hydrogen-bond donors (Lipinski definition) is 1. The van der Waals surface area contributed by atoms with Crippen molar-refractivity contribution in [1.29, 1.82) is 0 Å². The maximum absolute atomic E-state index is 5.21. The summed E-state index contributed by atoms with van der Waals surface area (Å²) in [5, 5.41) is 3.61. The van der Waals surface area contributed by atoms with Crippen LogP contribution in [-0.4, -0.2) is 13.2 Å². The van der Waals surface area contributed by atoms with Crippen LogP contribution in [0.5, 0.6) is 5.75 Å². The molecule has 0 aliphatic heterocycles. The monoisotopic (exact) mass is 299 g/mol. The Bertz CT molecular complexity index is 605. The summed E-state index contributed by atoms with van der Waals surface area (Å²) in [6, 6.07) is 15.7. The van der Waals surface area contributed by atoms with E-state index in [2.05, 4.69) is 42.6 Å². The molecule has 0 saturated heterocycles. The predicted molar refractivity (Wildman–Crippen MR) is 88.2 cm³/mol. The van der Waals surface area contributed by atoms with Crippen molar-refractivity contribution < 1.29 is 4.74 Å². The molecule has 0 amide bonds. The van der Waals surface area contributed by atoms with Crippen molar-refractivity contribution in [1.82, 2.24) is 5.32 Å². The Morgan fingerprint density at radius 1 is 1.14 bits per heavy atom. The fraction of sp³-hybridized carbons (Fsp3) is 0.333. The number of nitrogens with one attached hydrogen (secondary N) is 1. The summed E-state index contributed by atoms with van der Waals surface area (Å²) in [6.07, 6.45) is 2.65. The molecule has 3 heteroatoms. The minimum absolute atomic E-state index is 0.740. The van der Waals surface area contributed by atoms with E-state index in [1.165, 1.54) is 33.8 Å². The van der Waals surface area contributed by atoms with E-state index in [9.17, 15) is 0 Å². The van der Waals surface area contributed by atoms with Crippen molar-refractivity contribution in [3.8, 4) is 5.75 Å². The second kappa shape index (κ2) is 6.54. The molecule has 110 valence electrons. The Hall–Kier alpha value is -1.45. The molecule has 2 aromatic rings. The van der Waals surface area contributed by atoms with Crippen LogP contribution in [-0.2, 0) is 6.54 Å². The minimum Gasteiger partial charge on any atom is -0.497 e. The summed E-state index contributed by atoms with van der Waals surface area (Å²) in [4.78, 5) is 2.58. The van der Waals surface area contributed by atoms with Crippen LogP contribution < -0.4 is 10.1 Å². The second-order valence-electron chi connectivity index (χ2n) is 5.54. The summed E-state index contributed by atoms with van der Waals surface area (Å²) in [6.45, 7) is 3.12. The lowest BCUT2D eigenvalue weighted by Crippen LogP contribution is -2.15. The SMILES string of the molecule is COc1ccc(Sc2ccc(C)cc2CNC2CC2)cc1. The first-order chi connectivity index (χ1) is 10.2. The molecule has 1 aliphatic carbocycles. The van der Waals surface area contributed by atoms with E-state index in [1.807, 2.05) is 23.9 Å². The Morgan fingerprint density at radius 2 is 1.90 bits per heavy atom. The highest BCUT2D eigenvalue weighted by Crippen LogP contribution is 2.32. The fourth-order valence-electron chi connectivity index (χ4n) is 2.26. The molecule has 0 radical (unpaired) electrons. The highest BCUT2D eigenvalue weighted by atomic mass is 32.2. The molecular weight excluding hydrogens is 278 g/mol. The van der Waals surface area contributed by atoms with Gasteiger partial charge in [0.1, 0.15) is 5.75 Å². The number of benzene rings is 2. The topological polar surface area (TPSA) is 21.3 Å². The van der Waals surface area contributed by atoms with Crippen LogP contribution in [0.25, 0.3) is 0 Å². The molecule has 0 atom stereocenters. The zero-order valence-electron chi connectivity index (χ0n) is 12.6. The first-order valence-electron chi connectivity index (χ1n) is 7.39. The molecule has 21 heavy (non-hydrogen) atoms. The lowest BCUT2D eigenvalue weighted by Gasteiger charge is -2.11. The average molecular weight is 299 g/mol. The van der Waals surface area contributed by atoms with E-state index in [4.69, 9.17) is 4.74 Å². The summed E-state index contributed by atoms with van der Waals surface area (Å²) in [7, 11) is 1.70. The van der Waals surface area contributed by atoms with Gasteiger partial charge in [-0.1, -0.05) is 29.5 Å². The van der Waals surface area contributed by atoms with E-state index in [0.717, 1.165) is 18.3 Å². The normalized spacial score (nSPS) is 14.2. The zero-order chi connectivity index (χ0) is 14.7. The quantitative estimate of drug-likeness (QED) is 0.854. The van der Waals surface area contributed by atoms with E-state index in [0.29, 0.717) is 0 Å². The number of rotatable bonds is 6. The lowest BCUT2D eigenvalue weighted by atomic mass is 10.1. The van der Waals surface area contributed by atoms with Crippen LogP contribution in [0, 0.1) is 6.92 Å². The highest BCUT2D eigenvalue weighted by Gasteiger charge is 2.20. The predicted octanol–water partition coefficient (Wildman–Crippen LogP) is 4.41. The standard InChI is InChI=1S/C18H21NOS/c1-13-3-10-18(14(11-13)12-19-15-4-5-15)21-17-8-6-16(20-2)7-9-17/h3,6-11,15,19H,4-5,12H2,1-2H3. The molecule has 0 bridgehead atoms. The second-order valence-corrected chi connectivity index (χ2v) is 6.66. The number of methoxy groups -OCH3 is 1. The molecule has 0 unspecified atom stereocenters. The molecule has 1 N–H and O–H groups in total. The van der Waals surface area contributed by atoms with Crippen molar-refractivity contribution in [3.63, 3.8) is 0 Å². The van der Waals surface area contributed by atoms with Crippen molar-refractivity contribution in [2.75, 3.05) is 7.11 Å². The van der Waals surface area contributed by atoms with E-state index in [-0.39, 0.29) is 0 Å². The smallest absolute Gasteiger partial charge is 0.118 e. The van der Waals surface area contributed by atoms with Crippen LogP contribution >= 0.6 is 11.8 Å². The van der Waals surface area contributed by atoms with Gasteiger partial charge in [-0.3, -0.25) is 0 Å². The van der Waals surface area contributed by atoms with Gasteiger partial charge < -0.3 is 10.1 Å². The number of ether oxygens (including phenoxy) is 1. The lowest BCUT2D eigenvalue weighted by molar-refractivity contribution is 0.414. The molecule has 2 nitrogen and oxygen atoms in total. The Balaban J connectivity index is 1.75. The molecule has 1 saturated carbocycles. The van der Waals surface area contributed by atoms with Gasteiger partial charge in [0.2, 0.25) is 0 Å². The van der Waals surface area contributed by atoms with E-state index < -0.39 is 0 Å². The van der Waals surface area contributed by atoms with Gasteiger partial charge in [0.05, 0.1) is 7.11 Å². The summed E-state index contributed by atoms with van der Waals surface area (Å²) in [5.74, 6) is 0.902. The fourth-order valence-corrected chi connectivity index (χ4v) is 3.18. The molecule has 2 aromatic carbocycles. The van der Waals surface area contributed by atoms with Crippen LogP contribution in [0.15, 0.2) is 52.3 Å². The molecule has 1 fully saturated rings. The average Bonchev–Trinajstić information content (AvgIpc) is 3.32.